The Kier molecular flexibility index (Phi) is 5.55. The average Bonchev–Trinajstić information content (AvgIpc) is 3.30. The summed E-state index contributed by atoms with van der Waals surface area (Å²) in [4.78, 5) is 28.1. The molecule has 0 radical (unpaired) electrons. The normalized spacial score (nSPS) is 15.0. The molecule has 0 aromatic carbocycles. The molecule has 1 aliphatic heterocycles. The third kappa shape index (κ3) is 3.48. The minimum atomic E-state index is -0.226. The van der Waals surface area contributed by atoms with Gasteiger partial charge < -0.3 is 9.15 Å². The largest absolute Gasteiger partial charge is 0.468 e. The number of imide groups is 1. The Labute approximate surface area is 148 Å². The molecule has 24 heavy (non-hydrogen) atoms. The van der Waals surface area contributed by atoms with Crippen molar-refractivity contribution in [1.82, 2.24) is 4.90 Å². The average molecular weight is 363 g/mol. The van der Waals surface area contributed by atoms with Crippen LogP contribution in [0.5, 0.6) is 0 Å². The van der Waals surface area contributed by atoms with Gasteiger partial charge >= 0.3 is 0 Å². The van der Waals surface area contributed by atoms with Crippen LogP contribution in [-0.2, 0) is 20.1 Å². The van der Waals surface area contributed by atoms with Crippen LogP contribution in [0.2, 0.25) is 0 Å². The Morgan fingerprint density at radius 3 is 2.79 bits per heavy atom. The lowest BCUT2D eigenvalue weighted by Gasteiger charge is -2.14. The van der Waals surface area contributed by atoms with Crippen molar-refractivity contribution in [3.05, 3.63) is 51.5 Å². The van der Waals surface area contributed by atoms with Gasteiger partial charge in [-0.2, -0.15) is 0 Å². The van der Waals surface area contributed by atoms with Crippen molar-refractivity contribution in [2.45, 2.75) is 12.2 Å². The summed E-state index contributed by atoms with van der Waals surface area (Å²) in [5, 5.41) is 1.91. The van der Waals surface area contributed by atoms with E-state index in [1.165, 1.54) is 28.0 Å². The van der Waals surface area contributed by atoms with Crippen LogP contribution in [0.3, 0.4) is 0 Å². The van der Waals surface area contributed by atoms with Crippen molar-refractivity contribution >= 4 is 40.5 Å². The first kappa shape index (κ1) is 17.0. The van der Waals surface area contributed by atoms with Gasteiger partial charge in [0, 0.05) is 25.1 Å². The molecule has 2 aromatic heterocycles. The molecular weight excluding hydrogens is 346 g/mol. The molecule has 3 heterocycles. The van der Waals surface area contributed by atoms with Gasteiger partial charge in [0.15, 0.2) is 0 Å². The SMILES string of the molecule is COCCCN1C(=O)C(SCc2ccco2)=C(c2cccs2)C1=O. The summed E-state index contributed by atoms with van der Waals surface area (Å²) in [6, 6.07) is 7.42. The number of furan rings is 1. The number of ether oxygens (including phenoxy) is 1. The number of amides is 2. The first-order valence-electron chi connectivity index (χ1n) is 7.51. The Hall–Kier alpha value is -1.83. The quantitative estimate of drug-likeness (QED) is 0.531. The van der Waals surface area contributed by atoms with Crippen molar-refractivity contribution < 1.29 is 18.7 Å². The van der Waals surface area contributed by atoms with E-state index in [2.05, 4.69) is 0 Å². The van der Waals surface area contributed by atoms with E-state index in [1.54, 1.807) is 13.4 Å². The molecule has 7 heteroatoms. The summed E-state index contributed by atoms with van der Waals surface area (Å²) in [5.74, 6) is 0.843. The lowest BCUT2D eigenvalue weighted by atomic mass is 10.2. The van der Waals surface area contributed by atoms with Gasteiger partial charge in [0.2, 0.25) is 0 Å². The molecule has 0 aliphatic carbocycles. The Balaban J connectivity index is 1.83. The van der Waals surface area contributed by atoms with Crippen molar-refractivity contribution in [2.75, 3.05) is 20.3 Å². The molecule has 5 nitrogen and oxygen atoms in total. The number of nitrogens with zero attached hydrogens (tertiary/aromatic N) is 1. The van der Waals surface area contributed by atoms with E-state index in [4.69, 9.17) is 9.15 Å². The van der Waals surface area contributed by atoms with Crippen LogP contribution < -0.4 is 0 Å². The first-order valence-corrected chi connectivity index (χ1v) is 9.37. The molecule has 0 N–H and O–H groups in total. The summed E-state index contributed by atoms with van der Waals surface area (Å²) in [7, 11) is 1.60. The Bertz CT molecular complexity index is 735. The maximum Gasteiger partial charge on any atom is 0.268 e. The smallest absolute Gasteiger partial charge is 0.268 e. The molecule has 0 saturated carbocycles. The van der Waals surface area contributed by atoms with Gasteiger partial charge in [-0.1, -0.05) is 6.07 Å². The minimum absolute atomic E-state index is 0.222. The Morgan fingerprint density at radius 2 is 2.12 bits per heavy atom. The van der Waals surface area contributed by atoms with E-state index in [-0.39, 0.29) is 11.8 Å². The fourth-order valence-corrected chi connectivity index (χ4v) is 4.29. The second-order valence-electron chi connectivity index (χ2n) is 5.16. The second-order valence-corrected chi connectivity index (χ2v) is 7.09. The predicted molar refractivity (Wildman–Crippen MR) is 94.5 cm³/mol. The van der Waals surface area contributed by atoms with Gasteiger partial charge in [0.1, 0.15) is 5.76 Å². The fraction of sp³-hybridized carbons (Fsp3) is 0.294. The molecular formula is C17H17NO4S2. The zero-order chi connectivity index (χ0) is 16.9. The third-order valence-electron chi connectivity index (χ3n) is 3.56. The standard InChI is InChI=1S/C17H17NO4S2/c1-21-8-4-7-18-16(19)14(13-6-3-10-23-13)15(17(18)20)24-11-12-5-2-9-22-12/h2-3,5-6,9-10H,4,7-8,11H2,1H3. The van der Waals surface area contributed by atoms with Crippen LogP contribution in [0.4, 0.5) is 0 Å². The zero-order valence-corrected chi connectivity index (χ0v) is 14.8. The van der Waals surface area contributed by atoms with E-state index in [1.807, 2.05) is 29.6 Å². The highest BCUT2D eigenvalue weighted by Crippen LogP contribution is 2.39. The monoisotopic (exact) mass is 363 g/mol. The number of carbonyl (C=O) groups excluding carboxylic acids is 2. The molecule has 0 unspecified atom stereocenters. The number of hydrogen-bond donors (Lipinski definition) is 0. The van der Waals surface area contributed by atoms with Gasteiger partial charge in [-0.05, 0) is 30.0 Å². The van der Waals surface area contributed by atoms with Crippen LogP contribution in [0.15, 0.2) is 45.2 Å². The van der Waals surface area contributed by atoms with Crippen LogP contribution in [0.1, 0.15) is 17.1 Å². The topological polar surface area (TPSA) is 59.8 Å². The van der Waals surface area contributed by atoms with Crippen LogP contribution in [-0.4, -0.2) is 37.0 Å². The van der Waals surface area contributed by atoms with Gasteiger partial charge in [-0.25, -0.2) is 0 Å². The summed E-state index contributed by atoms with van der Waals surface area (Å²) in [6.07, 6.45) is 2.23. The van der Waals surface area contributed by atoms with Gasteiger partial charge in [-0.15, -0.1) is 23.1 Å². The third-order valence-corrected chi connectivity index (χ3v) is 5.55. The van der Waals surface area contributed by atoms with E-state index < -0.39 is 0 Å². The fourth-order valence-electron chi connectivity index (χ4n) is 2.43. The summed E-state index contributed by atoms with van der Waals surface area (Å²) in [5.41, 5.74) is 0.504. The molecule has 1 aliphatic rings. The highest BCUT2D eigenvalue weighted by atomic mass is 32.2. The molecule has 0 saturated heterocycles. The molecule has 0 spiro atoms. The van der Waals surface area contributed by atoms with Crippen molar-refractivity contribution in [3.63, 3.8) is 0 Å². The van der Waals surface area contributed by atoms with Crippen molar-refractivity contribution in [3.8, 4) is 0 Å². The zero-order valence-electron chi connectivity index (χ0n) is 13.2. The van der Waals surface area contributed by atoms with Gasteiger partial charge in [0.05, 0.1) is 22.5 Å². The second kappa shape index (κ2) is 7.83. The number of thioether (sulfide) groups is 1. The molecule has 0 fully saturated rings. The van der Waals surface area contributed by atoms with E-state index in [0.29, 0.717) is 35.8 Å². The molecule has 0 atom stereocenters. The van der Waals surface area contributed by atoms with E-state index in [9.17, 15) is 9.59 Å². The van der Waals surface area contributed by atoms with Gasteiger partial charge in [0.25, 0.3) is 11.8 Å². The molecule has 2 amide bonds. The Morgan fingerprint density at radius 1 is 1.25 bits per heavy atom. The number of carbonyl (C=O) groups is 2. The maximum absolute atomic E-state index is 12.8. The summed E-state index contributed by atoms with van der Waals surface area (Å²) in [6.45, 7) is 0.880. The predicted octanol–water partition coefficient (Wildman–Crippen LogP) is 3.39. The number of hydrogen-bond acceptors (Lipinski definition) is 6. The minimum Gasteiger partial charge on any atom is -0.468 e. The molecule has 0 bridgehead atoms. The maximum atomic E-state index is 12.8. The van der Waals surface area contributed by atoms with E-state index >= 15 is 0 Å². The first-order chi connectivity index (χ1) is 11.7. The molecule has 3 rings (SSSR count). The number of thiophene rings is 1. The van der Waals surface area contributed by atoms with Crippen LogP contribution in [0, 0.1) is 0 Å². The summed E-state index contributed by atoms with van der Waals surface area (Å²) >= 11 is 2.82. The van der Waals surface area contributed by atoms with Crippen LogP contribution in [0.25, 0.3) is 5.57 Å². The van der Waals surface area contributed by atoms with Gasteiger partial charge in [-0.3, -0.25) is 14.5 Å². The summed E-state index contributed by atoms with van der Waals surface area (Å²) < 4.78 is 10.3. The number of methoxy groups -OCH3 is 1. The molecule has 2 aromatic rings. The van der Waals surface area contributed by atoms with Crippen molar-refractivity contribution in [2.24, 2.45) is 0 Å². The lowest BCUT2D eigenvalue weighted by Crippen LogP contribution is -2.32. The number of rotatable bonds is 8. The van der Waals surface area contributed by atoms with Crippen molar-refractivity contribution in [1.29, 1.82) is 0 Å². The lowest BCUT2D eigenvalue weighted by molar-refractivity contribution is -0.136. The van der Waals surface area contributed by atoms with E-state index in [0.717, 1.165) is 10.6 Å². The highest BCUT2D eigenvalue weighted by molar-refractivity contribution is 8.03. The molecule has 126 valence electrons. The highest BCUT2D eigenvalue weighted by Gasteiger charge is 2.39. The van der Waals surface area contributed by atoms with Crippen LogP contribution >= 0.6 is 23.1 Å².